The Bertz CT molecular complexity index is 822. The zero-order valence-electron chi connectivity index (χ0n) is 16.7. The van der Waals surface area contributed by atoms with Crippen molar-refractivity contribution in [3.8, 4) is 0 Å². The van der Waals surface area contributed by atoms with Crippen molar-refractivity contribution >= 4 is 11.9 Å². The third-order valence-corrected chi connectivity index (χ3v) is 8.82. The number of allylic oxidation sites excluding steroid dienone is 2. The SMILES string of the molecule is C[C@]12CCC(=O)C=C1CC[C@@H]1[C@@H]2CC[C@]2(C)/C(=C\c3ccccn3)CC[C@@H]12. The van der Waals surface area contributed by atoms with Crippen LogP contribution in [-0.4, -0.2) is 10.8 Å². The van der Waals surface area contributed by atoms with Crippen molar-refractivity contribution in [3.05, 3.63) is 47.3 Å². The second-order valence-corrected chi connectivity index (χ2v) is 9.89. The molecule has 2 heteroatoms. The molecule has 0 N–H and O–H groups in total. The maximum absolute atomic E-state index is 12.0. The number of fused-ring (bicyclic) bond motifs is 5. The lowest BCUT2D eigenvalue weighted by Gasteiger charge is -2.57. The average molecular weight is 362 g/mol. The Morgan fingerprint density at radius 1 is 1.00 bits per heavy atom. The number of hydrogen-bond acceptors (Lipinski definition) is 2. The molecule has 0 radical (unpaired) electrons. The van der Waals surface area contributed by atoms with Crippen molar-refractivity contribution in [2.24, 2.45) is 28.6 Å². The van der Waals surface area contributed by atoms with Gasteiger partial charge in [-0.15, -0.1) is 0 Å². The van der Waals surface area contributed by atoms with Crippen LogP contribution in [0.4, 0.5) is 0 Å². The van der Waals surface area contributed by atoms with E-state index in [1.165, 1.54) is 37.7 Å². The lowest BCUT2D eigenvalue weighted by Crippen LogP contribution is -2.49. The van der Waals surface area contributed by atoms with Crippen LogP contribution in [0.2, 0.25) is 0 Å². The molecular weight excluding hydrogens is 330 g/mol. The highest BCUT2D eigenvalue weighted by atomic mass is 16.1. The van der Waals surface area contributed by atoms with E-state index in [0.29, 0.717) is 11.2 Å². The molecule has 1 aromatic rings. The third kappa shape index (κ3) is 2.59. The van der Waals surface area contributed by atoms with Gasteiger partial charge in [0.2, 0.25) is 0 Å². The van der Waals surface area contributed by atoms with Crippen LogP contribution in [0, 0.1) is 28.6 Å². The molecule has 3 fully saturated rings. The van der Waals surface area contributed by atoms with E-state index >= 15 is 0 Å². The summed E-state index contributed by atoms with van der Waals surface area (Å²) in [4.78, 5) is 16.5. The molecular formula is C25H31NO. The Labute approximate surface area is 163 Å². The summed E-state index contributed by atoms with van der Waals surface area (Å²) in [5.41, 5.74) is 4.86. The molecule has 0 saturated heterocycles. The molecule has 0 amide bonds. The van der Waals surface area contributed by atoms with Crippen LogP contribution in [0.5, 0.6) is 0 Å². The van der Waals surface area contributed by atoms with Gasteiger partial charge in [-0.2, -0.15) is 0 Å². The number of aromatic nitrogens is 1. The lowest BCUT2D eigenvalue weighted by molar-refractivity contribution is -0.117. The molecule has 1 aromatic heterocycles. The average Bonchev–Trinajstić information content (AvgIpc) is 3.00. The standard InChI is InChI=1S/C25H31NO/c1-24-12-10-20(27)16-18(24)6-8-21-22-9-7-17(15-19-5-3-4-14-26-19)25(22,2)13-11-23(21)24/h3-5,14-16,21-23H,6-13H2,1-2H3/b17-15-/t21-,22-,23-,24-,25+/m0/s1. The Morgan fingerprint density at radius 2 is 1.85 bits per heavy atom. The lowest BCUT2D eigenvalue weighted by atomic mass is 9.47. The van der Waals surface area contributed by atoms with E-state index in [2.05, 4.69) is 37.0 Å². The topological polar surface area (TPSA) is 30.0 Å². The van der Waals surface area contributed by atoms with Gasteiger partial charge in [0.1, 0.15) is 0 Å². The van der Waals surface area contributed by atoms with Gasteiger partial charge < -0.3 is 0 Å². The number of pyridine rings is 1. The Hall–Kier alpha value is -1.70. The summed E-state index contributed by atoms with van der Waals surface area (Å²) in [5, 5.41) is 0. The minimum Gasteiger partial charge on any atom is -0.295 e. The number of ketones is 1. The number of carbonyl (C=O) groups excluding carboxylic acids is 1. The summed E-state index contributed by atoms with van der Waals surface area (Å²) in [6, 6.07) is 6.22. The minimum absolute atomic E-state index is 0.283. The Balaban J connectivity index is 1.46. The molecule has 0 unspecified atom stereocenters. The fourth-order valence-electron chi connectivity index (χ4n) is 7.28. The third-order valence-electron chi connectivity index (χ3n) is 8.82. The van der Waals surface area contributed by atoms with E-state index < -0.39 is 0 Å². The van der Waals surface area contributed by atoms with Crippen LogP contribution < -0.4 is 0 Å². The van der Waals surface area contributed by atoms with Crippen molar-refractivity contribution in [3.63, 3.8) is 0 Å². The van der Waals surface area contributed by atoms with Crippen molar-refractivity contribution in [1.29, 1.82) is 0 Å². The molecule has 5 atom stereocenters. The van der Waals surface area contributed by atoms with E-state index in [-0.39, 0.29) is 5.41 Å². The highest BCUT2D eigenvalue weighted by molar-refractivity contribution is 5.91. The summed E-state index contributed by atoms with van der Waals surface area (Å²) >= 11 is 0. The molecule has 0 spiro atoms. The highest BCUT2D eigenvalue weighted by Gasteiger charge is 2.57. The monoisotopic (exact) mass is 361 g/mol. The van der Waals surface area contributed by atoms with Crippen LogP contribution in [0.1, 0.15) is 70.9 Å². The second-order valence-electron chi connectivity index (χ2n) is 9.89. The maximum Gasteiger partial charge on any atom is 0.155 e. The van der Waals surface area contributed by atoms with Gasteiger partial charge in [-0.1, -0.05) is 31.1 Å². The summed E-state index contributed by atoms with van der Waals surface area (Å²) in [6.45, 7) is 5.01. The van der Waals surface area contributed by atoms with Crippen LogP contribution >= 0.6 is 0 Å². The van der Waals surface area contributed by atoms with Crippen LogP contribution in [0.15, 0.2) is 41.6 Å². The molecule has 1 heterocycles. The Kier molecular flexibility index (Phi) is 3.97. The van der Waals surface area contributed by atoms with Crippen molar-refractivity contribution in [1.82, 2.24) is 4.98 Å². The normalized spacial score (nSPS) is 42.3. The first-order valence-corrected chi connectivity index (χ1v) is 10.9. The predicted octanol–water partition coefficient (Wildman–Crippen LogP) is 6.00. The van der Waals surface area contributed by atoms with Gasteiger partial charge >= 0.3 is 0 Å². The van der Waals surface area contributed by atoms with E-state index in [1.807, 2.05) is 18.3 Å². The summed E-state index contributed by atoms with van der Waals surface area (Å²) in [7, 11) is 0. The molecule has 2 nitrogen and oxygen atoms in total. The minimum atomic E-state index is 0.283. The van der Waals surface area contributed by atoms with Gasteiger partial charge in [-0.25, -0.2) is 0 Å². The largest absolute Gasteiger partial charge is 0.295 e. The van der Waals surface area contributed by atoms with Crippen molar-refractivity contribution < 1.29 is 4.79 Å². The van der Waals surface area contributed by atoms with Crippen molar-refractivity contribution in [2.75, 3.05) is 0 Å². The molecule has 142 valence electrons. The molecule has 0 bridgehead atoms. The van der Waals surface area contributed by atoms with E-state index in [0.717, 1.165) is 42.7 Å². The predicted molar refractivity (Wildman–Crippen MR) is 109 cm³/mol. The van der Waals surface area contributed by atoms with E-state index in [1.54, 1.807) is 5.57 Å². The smallest absolute Gasteiger partial charge is 0.155 e. The second kappa shape index (κ2) is 6.15. The van der Waals surface area contributed by atoms with Crippen LogP contribution in [0.25, 0.3) is 6.08 Å². The first kappa shape index (κ1) is 17.4. The zero-order chi connectivity index (χ0) is 18.6. The fraction of sp³-hybridized carbons (Fsp3) is 0.600. The highest BCUT2D eigenvalue weighted by Crippen LogP contribution is 2.66. The molecule has 0 aromatic carbocycles. The molecule has 4 aliphatic rings. The summed E-state index contributed by atoms with van der Waals surface area (Å²) < 4.78 is 0. The molecule has 3 saturated carbocycles. The van der Waals surface area contributed by atoms with Crippen LogP contribution in [-0.2, 0) is 4.79 Å². The fourth-order valence-corrected chi connectivity index (χ4v) is 7.28. The van der Waals surface area contributed by atoms with E-state index in [9.17, 15) is 4.79 Å². The molecule has 4 aliphatic carbocycles. The van der Waals surface area contributed by atoms with Gasteiger partial charge in [0.15, 0.2) is 5.78 Å². The number of rotatable bonds is 1. The Morgan fingerprint density at radius 3 is 2.67 bits per heavy atom. The number of nitrogens with zero attached hydrogens (tertiary/aromatic N) is 1. The van der Waals surface area contributed by atoms with Gasteiger partial charge in [0.25, 0.3) is 0 Å². The summed E-state index contributed by atoms with van der Waals surface area (Å²) in [6.07, 6.45) is 15.8. The zero-order valence-corrected chi connectivity index (χ0v) is 16.7. The molecule has 27 heavy (non-hydrogen) atoms. The number of hydrogen-bond donors (Lipinski definition) is 0. The van der Waals surface area contributed by atoms with Crippen LogP contribution in [0.3, 0.4) is 0 Å². The quantitative estimate of drug-likeness (QED) is 0.614. The van der Waals surface area contributed by atoms with Gasteiger partial charge in [0, 0.05) is 12.6 Å². The number of carbonyl (C=O) groups is 1. The maximum atomic E-state index is 12.0. The van der Waals surface area contributed by atoms with Crippen molar-refractivity contribution in [2.45, 2.75) is 65.2 Å². The molecule has 5 rings (SSSR count). The molecule has 0 aliphatic heterocycles. The van der Waals surface area contributed by atoms with Gasteiger partial charge in [0.05, 0.1) is 5.69 Å². The van der Waals surface area contributed by atoms with Gasteiger partial charge in [-0.05, 0) is 97.8 Å². The van der Waals surface area contributed by atoms with Gasteiger partial charge in [-0.3, -0.25) is 9.78 Å². The first-order chi connectivity index (χ1) is 13.0. The summed E-state index contributed by atoms with van der Waals surface area (Å²) in [5.74, 6) is 2.77. The van der Waals surface area contributed by atoms with E-state index in [4.69, 9.17) is 0 Å². The first-order valence-electron chi connectivity index (χ1n) is 10.9.